The predicted octanol–water partition coefficient (Wildman–Crippen LogP) is 5.55. The predicted molar refractivity (Wildman–Crippen MR) is 118 cm³/mol. The van der Waals surface area contributed by atoms with E-state index in [1.165, 1.54) is 17.8 Å². The SMILES string of the molecule is CCC(C)CN1C(=O)/C(=C\c2ccc(C)c([N+](=O)[O-])c2)SC1=Nc1ccccc1. The van der Waals surface area contributed by atoms with Crippen LogP contribution in [0.1, 0.15) is 31.4 Å². The summed E-state index contributed by atoms with van der Waals surface area (Å²) < 4.78 is 0. The minimum atomic E-state index is -0.404. The Labute approximate surface area is 174 Å². The van der Waals surface area contributed by atoms with Crippen molar-refractivity contribution in [2.45, 2.75) is 27.2 Å². The highest BCUT2D eigenvalue weighted by Crippen LogP contribution is 2.35. The fourth-order valence-electron chi connectivity index (χ4n) is 2.87. The molecular weight excluding hydrogens is 386 g/mol. The quantitative estimate of drug-likeness (QED) is 0.356. The number of hydrogen-bond donors (Lipinski definition) is 0. The van der Waals surface area contributed by atoms with E-state index in [0.717, 1.165) is 12.1 Å². The van der Waals surface area contributed by atoms with Gasteiger partial charge < -0.3 is 0 Å². The van der Waals surface area contributed by atoms with Gasteiger partial charge in [-0.3, -0.25) is 19.8 Å². The third-order valence-electron chi connectivity index (χ3n) is 4.79. The van der Waals surface area contributed by atoms with Crippen LogP contribution in [0.15, 0.2) is 58.4 Å². The Hall–Kier alpha value is -2.93. The molecule has 0 bridgehead atoms. The molecule has 1 fully saturated rings. The van der Waals surface area contributed by atoms with Crippen LogP contribution in [0.5, 0.6) is 0 Å². The Kier molecular flexibility index (Phi) is 6.49. The molecule has 150 valence electrons. The van der Waals surface area contributed by atoms with Crippen molar-refractivity contribution < 1.29 is 9.72 Å². The van der Waals surface area contributed by atoms with Crippen LogP contribution in [-0.2, 0) is 4.79 Å². The molecule has 1 aliphatic heterocycles. The molecular formula is C22H23N3O3S. The van der Waals surface area contributed by atoms with Crippen LogP contribution in [0.25, 0.3) is 6.08 Å². The number of amides is 1. The summed E-state index contributed by atoms with van der Waals surface area (Å²) in [7, 11) is 0. The highest BCUT2D eigenvalue weighted by molar-refractivity contribution is 8.18. The van der Waals surface area contributed by atoms with Gasteiger partial charge in [0.05, 0.1) is 15.5 Å². The number of benzene rings is 2. The van der Waals surface area contributed by atoms with Gasteiger partial charge in [-0.15, -0.1) is 0 Å². The highest BCUT2D eigenvalue weighted by atomic mass is 32.2. The van der Waals surface area contributed by atoms with Gasteiger partial charge in [0.15, 0.2) is 5.17 Å². The van der Waals surface area contributed by atoms with Gasteiger partial charge in [-0.2, -0.15) is 0 Å². The molecule has 0 aliphatic carbocycles. The van der Waals surface area contributed by atoms with Crippen LogP contribution in [0.3, 0.4) is 0 Å². The van der Waals surface area contributed by atoms with E-state index in [1.807, 2.05) is 30.3 Å². The average molecular weight is 410 g/mol. The molecule has 6 nitrogen and oxygen atoms in total. The number of hydrogen-bond acceptors (Lipinski definition) is 5. The number of rotatable bonds is 6. The largest absolute Gasteiger partial charge is 0.286 e. The lowest BCUT2D eigenvalue weighted by Gasteiger charge is -2.19. The Morgan fingerprint density at radius 2 is 1.97 bits per heavy atom. The van der Waals surface area contributed by atoms with Gasteiger partial charge in [0, 0.05) is 18.2 Å². The summed E-state index contributed by atoms with van der Waals surface area (Å²) in [6, 6.07) is 14.5. The van der Waals surface area contributed by atoms with Crippen LogP contribution in [-0.4, -0.2) is 27.4 Å². The van der Waals surface area contributed by atoms with E-state index in [-0.39, 0.29) is 11.6 Å². The lowest BCUT2D eigenvalue weighted by atomic mass is 10.1. The Balaban J connectivity index is 1.97. The van der Waals surface area contributed by atoms with E-state index in [2.05, 4.69) is 18.8 Å². The summed E-state index contributed by atoms with van der Waals surface area (Å²) in [5, 5.41) is 11.9. The molecule has 1 unspecified atom stereocenters. The summed E-state index contributed by atoms with van der Waals surface area (Å²) in [6.07, 6.45) is 2.66. The number of nitrogens with zero attached hydrogens (tertiary/aromatic N) is 3. The molecule has 3 rings (SSSR count). The molecule has 1 aliphatic rings. The van der Waals surface area contributed by atoms with Gasteiger partial charge >= 0.3 is 0 Å². The third kappa shape index (κ3) is 4.92. The molecule has 1 saturated heterocycles. The second-order valence-electron chi connectivity index (χ2n) is 7.07. The van der Waals surface area contributed by atoms with Crippen molar-refractivity contribution in [3.63, 3.8) is 0 Å². The van der Waals surface area contributed by atoms with Crippen molar-refractivity contribution in [3.8, 4) is 0 Å². The molecule has 0 radical (unpaired) electrons. The lowest BCUT2D eigenvalue weighted by Crippen LogP contribution is -2.33. The molecule has 29 heavy (non-hydrogen) atoms. The number of carbonyl (C=O) groups excluding carboxylic acids is 1. The average Bonchev–Trinajstić information content (AvgIpc) is 2.98. The van der Waals surface area contributed by atoms with Crippen LogP contribution < -0.4 is 0 Å². The topological polar surface area (TPSA) is 75.8 Å². The van der Waals surface area contributed by atoms with Crippen molar-refractivity contribution in [1.29, 1.82) is 0 Å². The van der Waals surface area contributed by atoms with Crippen LogP contribution in [0, 0.1) is 23.0 Å². The maximum Gasteiger partial charge on any atom is 0.272 e. The number of carbonyl (C=O) groups is 1. The maximum atomic E-state index is 13.1. The molecule has 0 spiro atoms. The van der Waals surface area contributed by atoms with Crippen molar-refractivity contribution in [2.24, 2.45) is 10.9 Å². The first-order valence-corrected chi connectivity index (χ1v) is 10.3. The summed E-state index contributed by atoms with van der Waals surface area (Å²) in [6.45, 7) is 6.47. The van der Waals surface area contributed by atoms with Gasteiger partial charge in [0.2, 0.25) is 0 Å². The van der Waals surface area contributed by atoms with E-state index in [9.17, 15) is 14.9 Å². The first-order chi connectivity index (χ1) is 13.9. The smallest absolute Gasteiger partial charge is 0.272 e. The molecule has 1 heterocycles. The number of nitro groups is 1. The molecule has 7 heteroatoms. The minimum Gasteiger partial charge on any atom is -0.286 e. The van der Waals surface area contributed by atoms with Gasteiger partial charge in [0.1, 0.15) is 0 Å². The minimum absolute atomic E-state index is 0.0458. The van der Waals surface area contributed by atoms with Crippen molar-refractivity contribution in [2.75, 3.05) is 6.54 Å². The van der Waals surface area contributed by atoms with E-state index >= 15 is 0 Å². The third-order valence-corrected chi connectivity index (χ3v) is 5.79. The van der Waals surface area contributed by atoms with Crippen molar-refractivity contribution in [3.05, 3.63) is 74.7 Å². The Bertz CT molecular complexity index is 986. The molecule has 0 aromatic heterocycles. The number of nitro benzene ring substituents is 1. The number of para-hydroxylation sites is 1. The monoisotopic (exact) mass is 409 g/mol. The summed E-state index contributed by atoms with van der Waals surface area (Å²) in [4.78, 5) is 30.8. The van der Waals surface area contributed by atoms with E-state index < -0.39 is 4.92 Å². The van der Waals surface area contributed by atoms with E-state index in [1.54, 1.807) is 30.0 Å². The van der Waals surface area contributed by atoms with Gasteiger partial charge in [-0.1, -0.05) is 50.6 Å². The van der Waals surface area contributed by atoms with Crippen LogP contribution in [0.2, 0.25) is 0 Å². The number of aliphatic imine (C=N–C) groups is 1. The number of aryl methyl sites for hydroxylation is 1. The standard InChI is InChI=1S/C22H23N3O3S/c1-4-15(2)14-24-21(26)20(29-22(24)23-18-8-6-5-7-9-18)13-17-11-10-16(3)19(12-17)25(27)28/h5-13,15H,4,14H2,1-3H3/b20-13+,23-22?. The zero-order chi connectivity index (χ0) is 21.0. The molecule has 0 N–H and O–H groups in total. The molecule has 2 aromatic rings. The van der Waals surface area contributed by atoms with E-state index in [0.29, 0.717) is 33.7 Å². The van der Waals surface area contributed by atoms with Gasteiger partial charge in [-0.25, -0.2) is 4.99 Å². The second kappa shape index (κ2) is 9.05. The van der Waals surface area contributed by atoms with Crippen molar-refractivity contribution in [1.82, 2.24) is 4.90 Å². The molecule has 0 saturated carbocycles. The molecule has 2 aromatic carbocycles. The first-order valence-electron chi connectivity index (χ1n) is 9.49. The fourth-order valence-corrected chi connectivity index (χ4v) is 3.88. The first kappa shape index (κ1) is 20.8. The maximum absolute atomic E-state index is 13.1. The van der Waals surface area contributed by atoms with E-state index in [4.69, 9.17) is 0 Å². The van der Waals surface area contributed by atoms with Gasteiger partial charge in [-0.05, 0) is 48.4 Å². The van der Waals surface area contributed by atoms with Crippen LogP contribution in [0.4, 0.5) is 11.4 Å². The van der Waals surface area contributed by atoms with Crippen molar-refractivity contribution >= 4 is 40.3 Å². The normalized spacial score (nSPS) is 17.9. The summed E-state index contributed by atoms with van der Waals surface area (Å²) >= 11 is 1.31. The fraction of sp³-hybridized carbons (Fsp3) is 0.273. The summed E-state index contributed by atoms with van der Waals surface area (Å²) in [5.74, 6) is 0.216. The Morgan fingerprint density at radius 1 is 1.24 bits per heavy atom. The highest BCUT2D eigenvalue weighted by Gasteiger charge is 2.34. The van der Waals surface area contributed by atoms with Gasteiger partial charge in [0.25, 0.3) is 11.6 Å². The lowest BCUT2D eigenvalue weighted by molar-refractivity contribution is -0.385. The summed E-state index contributed by atoms with van der Waals surface area (Å²) in [5.41, 5.74) is 2.04. The Morgan fingerprint density at radius 3 is 2.62 bits per heavy atom. The number of thioether (sulfide) groups is 1. The zero-order valence-electron chi connectivity index (χ0n) is 16.7. The molecule has 1 atom stereocenters. The second-order valence-corrected chi connectivity index (χ2v) is 8.08. The zero-order valence-corrected chi connectivity index (χ0v) is 17.5. The molecule has 1 amide bonds. The van der Waals surface area contributed by atoms with Crippen LogP contribution >= 0.6 is 11.8 Å². The number of amidine groups is 1.